The molecular formula is C21H23ClN4O3S. The summed E-state index contributed by atoms with van der Waals surface area (Å²) in [5.41, 5.74) is 3.71. The van der Waals surface area contributed by atoms with Crippen LogP contribution in [0.3, 0.4) is 0 Å². The van der Waals surface area contributed by atoms with Gasteiger partial charge in [-0.1, -0.05) is 46.9 Å². The van der Waals surface area contributed by atoms with E-state index in [-0.39, 0.29) is 17.4 Å². The minimum absolute atomic E-state index is 0.138. The number of aromatic nitrogens is 3. The van der Waals surface area contributed by atoms with Crippen LogP contribution in [0, 0.1) is 13.8 Å². The number of nitrogens with zero attached hydrogens (tertiary/aromatic N) is 4. The first-order chi connectivity index (χ1) is 14.2. The summed E-state index contributed by atoms with van der Waals surface area (Å²) in [6.07, 6.45) is 0.515. The van der Waals surface area contributed by atoms with Crippen molar-refractivity contribution in [3.8, 4) is 11.3 Å². The van der Waals surface area contributed by atoms with Crippen LogP contribution in [0.5, 0.6) is 0 Å². The van der Waals surface area contributed by atoms with Gasteiger partial charge < -0.3 is 9.08 Å². The van der Waals surface area contributed by atoms with Gasteiger partial charge in [0.2, 0.25) is 4.90 Å². The summed E-state index contributed by atoms with van der Waals surface area (Å²) < 4.78 is 33.2. The van der Waals surface area contributed by atoms with Gasteiger partial charge in [0.25, 0.3) is 0 Å². The third-order valence-corrected chi connectivity index (χ3v) is 7.58. The van der Waals surface area contributed by atoms with E-state index in [4.69, 9.17) is 26.1 Å². The van der Waals surface area contributed by atoms with E-state index >= 15 is 0 Å². The monoisotopic (exact) mass is 446 g/mol. The molecule has 0 fully saturated rings. The maximum Gasteiger partial charge on any atom is 0.240 e. The molecule has 1 atom stereocenters. The number of halogens is 1. The molecule has 0 radical (unpaired) electrons. The van der Waals surface area contributed by atoms with Crippen molar-refractivity contribution in [1.29, 1.82) is 0 Å². The topological polar surface area (TPSA) is 95.2 Å². The van der Waals surface area contributed by atoms with Gasteiger partial charge in [0.05, 0.1) is 24.5 Å². The minimum Gasteiger partial charge on any atom is -0.593 e. The molecule has 1 aromatic carbocycles. The van der Waals surface area contributed by atoms with Crippen LogP contribution in [0.25, 0.3) is 11.3 Å². The summed E-state index contributed by atoms with van der Waals surface area (Å²) in [6, 6.07) is 7.41. The van der Waals surface area contributed by atoms with Gasteiger partial charge >= 0.3 is 0 Å². The van der Waals surface area contributed by atoms with Crippen LogP contribution in [0.1, 0.15) is 48.3 Å². The van der Waals surface area contributed by atoms with E-state index in [9.17, 15) is 8.76 Å². The van der Waals surface area contributed by atoms with Crippen molar-refractivity contribution in [2.45, 2.75) is 51.5 Å². The Labute approximate surface area is 181 Å². The molecule has 7 nitrogen and oxygen atoms in total. The van der Waals surface area contributed by atoms with Gasteiger partial charge in [0, 0.05) is 35.4 Å². The second-order valence-corrected chi connectivity index (χ2v) is 10.1. The van der Waals surface area contributed by atoms with Crippen LogP contribution in [-0.2, 0) is 27.6 Å². The molecule has 0 saturated carbocycles. The molecule has 1 aliphatic heterocycles. The molecule has 3 aromatic rings. The Balaban J connectivity index is 1.81. The Kier molecular flexibility index (Phi) is 5.52. The number of hydrogen-bond acceptors (Lipinski definition) is 6. The molecule has 2 aromatic heterocycles. The first-order valence-corrected chi connectivity index (χ1v) is 11.6. The second kappa shape index (κ2) is 7.85. The van der Waals surface area contributed by atoms with E-state index in [1.54, 1.807) is 13.8 Å². The van der Waals surface area contributed by atoms with Gasteiger partial charge in [0.15, 0.2) is 16.2 Å². The Morgan fingerprint density at radius 3 is 2.50 bits per heavy atom. The van der Waals surface area contributed by atoms with E-state index in [1.807, 2.05) is 38.1 Å². The van der Waals surface area contributed by atoms with Crippen molar-refractivity contribution in [3.05, 3.63) is 57.8 Å². The van der Waals surface area contributed by atoms with Crippen LogP contribution in [0.4, 0.5) is 0 Å². The van der Waals surface area contributed by atoms with Gasteiger partial charge in [-0.25, -0.2) is 9.97 Å². The van der Waals surface area contributed by atoms with Crippen LogP contribution in [0.15, 0.2) is 33.7 Å². The molecule has 1 aliphatic rings. The molecule has 9 heteroatoms. The summed E-state index contributed by atoms with van der Waals surface area (Å²) in [6.45, 7) is 7.88. The predicted octanol–water partition coefficient (Wildman–Crippen LogP) is 4.49. The number of rotatable bonds is 4. The largest absolute Gasteiger partial charge is 0.593 e. The van der Waals surface area contributed by atoms with Crippen molar-refractivity contribution in [1.82, 2.24) is 19.4 Å². The molecule has 0 bridgehead atoms. The smallest absolute Gasteiger partial charge is 0.240 e. The molecule has 158 valence electrons. The average molecular weight is 447 g/mol. The van der Waals surface area contributed by atoms with Crippen LogP contribution in [-0.4, -0.2) is 30.5 Å². The highest BCUT2D eigenvalue weighted by Gasteiger charge is 2.39. The molecule has 0 spiro atoms. The van der Waals surface area contributed by atoms with Crippen LogP contribution >= 0.6 is 11.6 Å². The summed E-state index contributed by atoms with van der Waals surface area (Å²) in [7, 11) is -3.75. The lowest BCUT2D eigenvalue weighted by Gasteiger charge is -2.31. The Morgan fingerprint density at radius 1 is 1.20 bits per heavy atom. The van der Waals surface area contributed by atoms with Crippen molar-refractivity contribution < 1.29 is 13.3 Å². The van der Waals surface area contributed by atoms with Gasteiger partial charge in [0.1, 0.15) is 11.5 Å². The normalized spacial score (nSPS) is 16.5. The fourth-order valence-corrected chi connectivity index (χ4v) is 5.52. The fourth-order valence-electron chi connectivity index (χ4n) is 3.69. The zero-order valence-electron chi connectivity index (χ0n) is 17.3. The third-order valence-electron chi connectivity index (χ3n) is 5.24. The quantitative estimate of drug-likeness (QED) is 0.548. The SMILES string of the molecule is Cc1noc(C)c1[S+](=O)([O-])N1CCc2nc(C(C)C)nc(-c3ccc(Cl)cc3)c2C1. The van der Waals surface area contributed by atoms with E-state index < -0.39 is 10.4 Å². The molecule has 0 aliphatic carbocycles. The molecule has 30 heavy (non-hydrogen) atoms. The van der Waals surface area contributed by atoms with E-state index in [0.717, 1.165) is 28.3 Å². The van der Waals surface area contributed by atoms with E-state index in [1.165, 1.54) is 4.31 Å². The Bertz CT molecular complexity index is 1120. The van der Waals surface area contributed by atoms with Crippen molar-refractivity contribution >= 4 is 22.0 Å². The Morgan fingerprint density at radius 2 is 1.90 bits per heavy atom. The highest BCUT2D eigenvalue weighted by atomic mass is 35.5. The molecular weight excluding hydrogens is 424 g/mol. The molecule has 0 amide bonds. The van der Waals surface area contributed by atoms with Crippen molar-refractivity contribution in [3.63, 3.8) is 0 Å². The maximum atomic E-state index is 13.3. The van der Waals surface area contributed by atoms with Gasteiger partial charge in [-0.2, -0.15) is 0 Å². The molecule has 1 unspecified atom stereocenters. The van der Waals surface area contributed by atoms with Gasteiger partial charge in [-0.05, 0) is 19.1 Å². The minimum atomic E-state index is -3.75. The number of hydrogen-bond donors (Lipinski definition) is 0. The first-order valence-electron chi connectivity index (χ1n) is 9.77. The highest BCUT2D eigenvalue weighted by molar-refractivity contribution is 7.95. The van der Waals surface area contributed by atoms with Crippen molar-refractivity contribution in [2.24, 2.45) is 0 Å². The van der Waals surface area contributed by atoms with Gasteiger partial charge in [-0.3, -0.25) is 0 Å². The summed E-state index contributed by atoms with van der Waals surface area (Å²) in [5, 5.41) is 4.44. The standard InChI is InChI=1S/C21H23ClN4O3S/c1-12(2)21-23-18-9-10-26(30(27,28)20-13(3)25-29-14(20)4)11-17(18)19(24-21)15-5-7-16(22)8-6-15/h5-8,12H,9-11H2,1-4H3. The summed E-state index contributed by atoms with van der Waals surface area (Å²) in [4.78, 5) is 9.67. The second-order valence-electron chi connectivity index (χ2n) is 7.76. The highest BCUT2D eigenvalue weighted by Crippen LogP contribution is 2.35. The number of sulfonamides is 1. The summed E-state index contributed by atoms with van der Waals surface area (Å²) >= 11 is 6.06. The lowest BCUT2D eigenvalue weighted by atomic mass is 9.99. The zero-order chi connectivity index (χ0) is 21.6. The average Bonchev–Trinajstić information content (AvgIpc) is 3.06. The zero-order valence-corrected chi connectivity index (χ0v) is 18.9. The maximum absolute atomic E-state index is 13.3. The number of fused-ring (bicyclic) bond motifs is 1. The fraction of sp³-hybridized carbons (Fsp3) is 0.381. The molecule has 0 saturated heterocycles. The van der Waals surface area contributed by atoms with Crippen molar-refractivity contribution in [2.75, 3.05) is 6.54 Å². The lowest BCUT2D eigenvalue weighted by Crippen LogP contribution is -2.41. The first kappa shape index (κ1) is 21.1. The number of aryl methyl sites for hydroxylation is 2. The molecule has 0 N–H and O–H groups in total. The molecule has 4 rings (SSSR count). The van der Waals surface area contributed by atoms with E-state index in [2.05, 4.69) is 5.16 Å². The number of benzene rings is 1. The lowest BCUT2D eigenvalue weighted by molar-refractivity contribution is 0.334. The third kappa shape index (κ3) is 3.69. The molecule has 3 heterocycles. The van der Waals surface area contributed by atoms with Gasteiger partial charge in [-0.15, -0.1) is 4.31 Å². The Hall–Kier alpha value is -2.13. The van der Waals surface area contributed by atoms with E-state index in [0.29, 0.717) is 29.4 Å². The van der Waals surface area contributed by atoms with Crippen LogP contribution in [0.2, 0.25) is 5.02 Å². The van der Waals surface area contributed by atoms with Crippen LogP contribution < -0.4 is 0 Å². The predicted molar refractivity (Wildman–Crippen MR) is 114 cm³/mol. The summed E-state index contributed by atoms with van der Waals surface area (Å²) in [5.74, 6) is 1.20.